The van der Waals surface area contributed by atoms with Crippen molar-refractivity contribution in [3.63, 3.8) is 0 Å². The molecule has 1 amide bonds. The summed E-state index contributed by atoms with van der Waals surface area (Å²) in [6.45, 7) is 3.84. The molecule has 1 atom stereocenters. The molecule has 4 rings (SSSR count). The van der Waals surface area contributed by atoms with Crippen molar-refractivity contribution in [2.24, 2.45) is 0 Å². The molecule has 1 heterocycles. The van der Waals surface area contributed by atoms with E-state index in [0.29, 0.717) is 23.4 Å². The molecule has 3 aromatic carbocycles. The lowest BCUT2D eigenvalue weighted by Crippen LogP contribution is -2.35. The van der Waals surface area contributed by atoms with Crippen LogP contribution in [0.15, 0.2) is 71.6 Å². The number of aryl methyl sites for hydroxylation is 1. The van der Waals surface area contributed by atoms with E-state index in [1.165, 1.54) is 13.2 Å². The van der Waals surface area contributed by atoms with Gasteiger partial charge in [0.05, 0.1) is 17.7 Å². The summed E-state index contributed by atoms with van der Waals surface area (Å²) in [5.41, 5.74) is 3.48. The number of nitrogens with zero attached hydrogens (tertiary/aromatic N) is 1. The molecular weight excluding hydrogens is 412 g/mol. The number of nitrogens with one attached hydrogen (secondary N) is 1. The molecule has 0 bridgehead atoms. The quantitative estimate of drug-likeness (QED) is 0.643. The molecule has 3 aromatic rings. The smallest absolute Gasteiger partial charge is 0.262 e. The number of carbonyl (C=O) groups is 1. The normalized spacial score (nSPS) is 15.5. The van der Waals surface area contributed by atoms with Gasteiger partial charge in [-0.05, 0) is 73.9 Å². The number of anilines is 2. The fraction of sp³-hybridized carbons (Fsp3) is 0.208. The fourth-order valence-electron chi connectivity index (χ4n) is 3.91. The topological polar surface area (TPSA) is 75.7 Å². The molecule has 0 fully saturated rings. The maximum Gasteiger partial charge on any atom is 0.262 e. The van der Waals surface area contributed by atoms with Crippen molar-refractivity contribution in [1.82, 2.24) is 0 Å². The van der Waals surface area contributed by atoms with E-state index in [4.69, 9.17) is 4.74 Å². The third-order valence-corrected chi connectivity index (χ3v) is 6.78. The molecule has 0 unspecified atom stereocenters. The Balaban J connectivity index is 1.65. The first kappa shape index (κ1) is 20.9. The van der Waals surface area contributed by atoms with E-state index >= 15 is 0 Å². The second-order valence-corrected chi connectivity index (χ2v) is 9.38. The summed E-state index contributed by atoms with van der Waals surface area (Å²) in [7, 11) is -2.33. The number of rotatable bonds is 5. The van der Waals surface area contributed by atoms with Crippen molar-refractivity contribution < 1.29 is 17.9 Å². The molecule has 1 aliphatic heterocycles. The number of methoxy groups -OCH3 is 1. The van der Waals surface area contributed by atoms with Gasteiger partial charge in [-0.3, -0.25) is 9.52 Å². The van der Waals surface area contributed by atoms with Crippen LogP contribution >= 0.6 is 0 Å². The monoisotopic (exact) mass is 436 g/mol. The molecule has 1 N–H and O–H groups in total. The molecule has 1 aliphatic rings. The van der Waals surface area contributed by atoms with Crippen LogP contribution in [0.3, 0.4) is 0 Å². The van der Waals surface area contributed by atoms with Crippen LogP contribution in [0.5, 0.6) is 5.75 Å². The minimum atomic E-state index is -3.83. The molecule has 31 heavy (non-hydrogen) atoms. The predicted molar refractivity (Wildman–Crippen MR) is 121 cm³/mol. The summed E-state index contributed by atoms with van der Waals surface area (Å²) < 4.78 is 34.0. The van der Waals surface area contributed by atoms with E-state index in [-0.39, 0.29) is 16.8 Å². The summed E-state index contributed by atoms with van der Waals surface area (Å²) in [5, 5.41) is 0. The SMILES string of the molecule is COc1ccc(C)cc1NS(=O)(=O)c1ccc2c(c1)C[C@@H](C)N2C(=O)c1ccccc1. The van der Waals surface area contributed by atoms with Crippen LogP contribution in [0, 0.1) is 6.92 Å². The van der Waals surface area contributed by atoms with Crippen molar-refractivity contribution in [3.05, 3.63) is 83.4 Å². The number of benzene rings is 3. The molecule has 0 aromatic heterocycles. The molecule has 0 radical (unpaired) electrons. The fourth-order valence-corrected chi connectivity index (χ4v) is 5.02. The number of hydrogen-bond donors (Lipinski definition) is 1. The maximum atomic E-state index is 13.1. The number of hydrogen-bond acceptors (Lipinski definition) is 4. The molecular formula is C24H24N2O4S. The molecule has 6 nitrogen and oxygen atoms in total. The average Bonchev–Trinajstić information content (AvgIpc) is 3.08. The van der Waals surface area contributed by atoms with Gasteiger partial charge in [0.25, 0.3) is 15.9 Å². The zero-order chi connectivity index (χ0) is 22.2. The van der Waals surface area contributed by atoms with Crippen LogP contribution in [0.4, 0.5) is 11.4 Å². The second kappa shape index (κ2) is 8.07. The highest BCUT2D eigenvalue weighted by atomic mass is 32.2. The van der Waals surface area contributed by atoms with E-state index in [0.717, 1.165) is 16.8 Å². The summed E-state index contributed by atoms with van der Waals surface area (Å²) in [4.78, 5) is 14.9. The van der Waals surface area contributed by atoms with Gasteiger partial charge in [0.1, 0.15) is 5.75 Å². The first-order valence-corrected chi connectivity index (χ1v) is 11.5. The van der Waals surface area contributed by atoms with E-state index < -0.39 is 10.0 Å². The van der Waals surface area contributed by atoms with E-state index in [1.807, 2.05) is 38.1 Å². The van der Waals surface area contributed by atoms with Gasteiger partial charge >= 0.3 is 0 Å². The second-order valence-electron chi connectivity index (χ2n) is 7.69. The van der Waals surface area contributed by atoms with E-state index in [9.17, 15) is 13.2 Å². The standard InChI is InChI=1S/C24H24N2O4S/c1-16-9-12-23(30-3)21(13-16)25-31(28,29)20-10-11-22-19(15-20)14-17(2)26(22)24(27)18-7-5-4-6-8-18/h4-13,15,17,25H,14H2,1-3H3/t17-/m1/s1. The highest BCUT2D eigenvalue weighted by Gasteiger charge is 2.32. The lowest BCUT2D eigenvalue weighted by molar-refractivity contribution is 0.0981. The highest BCUT2D eigenvalue weighted by Crippen LogP contribution is 2.36. The van der Waals surface area contributed by atoms with Gasteiger partial charge in [-0.25, -0.2) is 8.42 Å². The van der Waals surface area contributed by atoms with Crippen molar-refractivity contribution in [2.45, 2.75) is 31.2 Å². The van der Waals surface area contributed by atoms with Crippen LogP contribution in [-0.2, 0) is 16.4 Å². The van der Waals surface area contributed by atoms with Gasteiger partial charge in [0, 0.05) is 17.3 Å². The first-order chi connectivity index (χ1) is 14.8. The third kappa shape index (κ3) is 4.01. The lowest BCUT2D eigenvalue weighted by atomic mass is 10.1. The van der Waals surface area contributed by atoms with Gasteiger partial charge in [0.2, 0.25) is 0 Å². The summed E-state index contributed by atoms with van der Waals surface area (Å²) in [6, 6.07) is 19.2. The van der Waals surface area contributed by atoms with Crippen LogP contribution in [0.1, 0.15) is 28.4 Å². The van der Waals surface area contributed by atoms with E-state index in [1.54, 1.807) is 41.3 Å². The number of fused-ring (bicyclic) bond motifs is 1. The molecule has 0 saturated heterocycles. The Labute approximate surface area is 182 Å². The van der Waals surface area contributed by atoms with Crippen molar-refractivity contribution in [3.8, 4) is 5.75 Å². The number of carbonyl (C=O) groups excluding carboxylic acids is 1. The average molecular weight is 437 g/mol. The highest BCUT2D eigenvalue weighted by molar-refractivity contribution is 7.92. The molecule has 0 saturated carbocycles. The molecule has 0 spiro atoms. The Morgan fingerprint density at radius 2 is 1.81 bits per heavy atom. The van der Waals surface area contributed by atoms with E-state index in [2.05, 4.69) is 4.72 Å². The first-order valence-electron chi connectivity index (χ1n) is 9.99. The molecule has 160 valence electrons. The zero-order valence-corrected chi connectivity index (χ0v) is 18.4. The summed E-state index contributed by atoms with van der Waals surface area (Å²) >= 11 is 0. The van der Waals surface area contributed by atoms with Crippen molar-refractivity contribution in [1.29, 1.82) is 0 Å². The van der Waals surface area contributed by atoms with Crippen molar-refractivity contribution in [2.75, 3.05) is 16.7 Å². The minimum absolute atomic E-state index is 0.0644. The van der Waals surface area contributed by atoms with Gasteiger partial charge in [0.15, 0.2) is 0 Å². The lowest BCUT2D eigenvalue weighted by Gasteiger charge is -2.23. The van der Waals surface area contributed by atoms with Gasteiger partial charge in [-0.2, -0.15) is 0 Å². The Morgan fingerprint density at radius 3 is 2.52 bits per heavy atom. The van der Waals surface area contributed by atoms with Crippen LogP contribution in [0.25, 0.3) is 0 Å². The van der Waals surface area contributed by atoms with Crippen LogP contribution < -0.4 is 14.4 Å². The third-order valence-electron chi connectivity index (χ3n) is 5.42. The van der Waals surface area contributed by atoms with Crippen LogP contribution in [0.2, 0.25) is 0 Å². The Morgan fingerprint density at radius 1 is 1.06 bits per heavy atom. The number of sulfonamides is 1. The maximum absolute atomic E-state index is 13.1. The predicted octanol–water partition coefficient (Wildman–Crippen LogP) is 4.40. The van der Waals surface area contributed by atoms with Crippen molar-refractivity contribution >= 4 is 27.3 Å². The van der Waals surface area contributed by atoms with Gasteiger partial charge < -0.3 is 9.64 Å². The minimum Gasteiger partial charge on any atom is -0.495 e. The Hall–Kier alpha value is -3.32. The Bertz CT molecular complexity index is 1240. The van der Waals surface area contributed by atoms with Crippen LogP contribution in [-0.4, -0.2) is 27.5 Å². The summed E-state index contributed by atoms with van der Waals surface area (Å²) in [5.74, 6) is 0.355. The number of ether oxygens (including phenoxy) is 1. The summed E-state index contributed by atoms with van der Waals surface area (Å²) in [6.07, 6.45) is 0.588. The zero-order valence-electron chi connectivity index (χ0n) is 17.6. The molecule has 0 aliphatic carbocycles. The Kier molecular flexibility index (Phi) is 5.45. The van der Waals surface area contributed by atoms with Gasteiger partial charge in [-0.1, -0.05) is 24.3 Å². The number of amides is 1. The van der Waals surface area contributed by atoms with Gasteiger partial charge in [-0.15, -0.1) is 0 Å². The molecule has 7 heteroatoms. The largest absolute Gasteiger partial charge is 0.495 e.